The smallest absolute Gasteiger partial charge is 0.243 e. The first-order valence-electron chi connectivity index (χ1n) is 9.86. The summed E-state index contributed by atoms with van der Waals surface area (Å²) < 4.78 is 51.4. The summed E-state index contributed by atoms with van der Waals surface area (Å²) in [5, 5.41) is 2.92. The molecule has 0 saturated carbocycles. The molecule has 0 spiro atoms. The van der Waals surface area contributed by atoms with Crippen LogP contribution in [0.5, 0.6) is 0 Å². The SMILES string of the molecule is CCN(CC)S(=O)(=O)c1ccc(C(C)NC(=O)C2CCCN(S(C)(=O)=O)C2)cc1. The number of carbonyl (C=O) groups excluding carboxylic acids is 1. The van der Waals surface area contributed by atoms with E-state index in [1.54, 1.807) is 38.1 Å². The summed E-state index contributed by atoms with van der Waals surface area (Å²) in [6, 6.07) is 6.19. The fraction of sp³-hybridized carbons (Fsp3) is 0.632. The lowest BCUT2D eigenvalue weighted by molar-refractivity contribution is -0.126. The minimum atomic E-state index is -3.52. The van der Waals surface area contributed by atoms with Crippen LogP contribution in [0, 0.1) is 5.92 Å². The zero-order chi connectivity index (χ0) is 21.8. The van der Waals surface area contributed by atoms with E-state index in [4.69, 9.17) is 0 Å². The predicted molar refractivity (Wildman–Crippen MR) is 112 cm³/mol. The molecular formula is C19H31N3O5S2. The second kappa shape index (κ2) is 9.55. The highest BCUT2D eigenvalue weighted by atomic mass is 32.2. The van der Waals surface area contributed by atoms with E-state index in [2.05, 4.69) is 5.32 Å². The zero-order valence-electron chi connectivity index (χ0n) is 17.5. The number of carbonyl (C=O) groups is 1. The Balaban J connectivity index is 2.05. The molecule has 1 N–H and O–H groups in total. The van der Waals surface area contributed by atoms with E-state index in [9.17, 15) is 21.6 Å². The van der Waals surface area contributed by atoms with Gasteiger partial charge in [0.05, 0.1) is 23.1 Å². The van der Waals surface area contributed by atoms with Crippen LogP contribution in [-0.2, 0) is 24.8 Å². The first-order valence-corrected chi connectivity index (χ1v) is 13.1. The van der Waals surface area contributed by atoms with Crippen molar-refractivity contribution in [3.8, 4) is 0 Å². The molecule has 0 aromatic heterocycles. The van der Waals surface area contributed by atoms with Gasteiger partial charge in [-0.15, -0.1) is 0 Å². The minimum Gasteiger partial charge on any atom is -0.349 e. The number of nitrogens with one attached hydrogen (secondary N) is 1. The summed E-state index contributed by atoms with van der Waals surface area (Å²) in [5.74, 6) is -0.575. The number of benzene rings is 1. The highest BCUT2D eigenvalue weighted by molar-refractivity contribution is 7.89. The van der Waals surface area contributed by atoms with Crippen molar-refractivity contribution >= 4 is 26.0 Å². The molecule has 1 aromatic rings. The van der Waals surface area contributed by atoms with E-state index in [1.807, 2.05) is 6.92 Å². The maximum atomic E-state index is 12.6. The van der Waals surface area contributed by atoms with Crippen LogP contribution in [0.4, 0.5) is 0 Å². The summed E-state index contributed by atoms with van der Waals surface area (Å²) in [6.45, 7) is 6.85. The molecule has 1 aromatic carbocycles. The molecule has 1 heterocycles. The lowest BCUT2D eigenvalue weighted by Gasteiger charge is -2.31. The van der Waals surface area contributed by atoms with Crippen molar-refractivity contribution in [3.05, 3.63) is 29.8 Å². The fourth-order valence-corrected chi connectivity index (χ4v) is 5.88. The molecular weight excluding hydrogens is 414 g/mol. The first-order chi connectivity index (χ1) is 13.5. The number of piperidine rings is 1. The van der Waals surface area contributed by atoms with Crippen LogP contribution in [0.3, 0.4) is 0 Å². The molecule has 1 amide bonds. The summed E-state index contributed by atoms with van der Waals surface area (Å²) >= 11 is 0. The zero-order valence-corrected chi connectivity index (χ0v) is 19.1. The van der Waals surface area contributed by atoms with Gasteiger partial charge in [-0.1, -0.05) is 26.0 Å². The summed E-state index contributed by atoms with van der Waals surface area (Å²) in [7, 11) is -6.83. The highest BCUT2D eigenvalue weighted by Gasteiger charge is 2.30. The first kappa shape index (κ1) is 23.8. The Hall–Kier alpha value is -1.49. The monoisotopic (exact) mass is 445 g/mol. The van der Waals surface area contributed by atoms with Crippen LogP contribution in [0.1, 0.15) is 45.2 Å². The van der Waals surface area contributed by atoms with Gasteiger partial charge in [0.15, 0.2) is 0 Å². The van der Waals surface area contributed by atoms with Gasteiger partial charge in [0, 0.05) is 26.2 Å². The van der Waals surface area contributed by atoms with Gasteiger partial charge in [-0.3, -0.25) is 4.79 Å². The van der Waals surface area contributed by atoms with E-state index < -0.39 is 20.0 Å². The van der Waals surface area contributed by atoms with Crippen molar-refractivity contribution in [1.29, 1.82) is 0 Å². The van der Waals surface area contributed by atoms with Crippen LogP contribution >= 0.6 is 0 Å². The Labute approximate surface area is 174 Å². The molecule has 1 aliphatic rings. The summed E-state index contributed by atoms with van der Waals surface area (Å²) in [5.41, 5.74) is 0.785. The Morgan fingerprint density at radius 1 is 1.17 bits per heavy atom. The van der Waals surface area contributed by atoms with E-state index in [0.29, 0.717) is 32.5 Å². The van der Waals surface area contributed by atoms with Gasteiger partial charge in [0.25, 0.3) is 0 Å². The largest absolute Gasteiger partial charge is 0.349 e. The lowest BCUT2D eigenvalue weighted by Crippen LogP contribution is -2.45. The molecule has 2 rings (SSSR count). The Kier molecular flexibility index (Phi) is 7.83. The number of nitrogens with zero attached hydrogens (tertiary/aromatic N) is 2. The normalized spacial score (nSPS) is 19.8. The molecule has 10 heteroatoms. The van der Waals surface area contributed by atoms with Gasteiger partial charge in [0.2, 0.25) is 26.0 Å². The maximum absolute atomic E-state index is 12.6. The van der Waals surface area contributed by atoms with Crippen molar-refractivity contribution in [3.63, 3.8) is 0 Å². The number of hydrogen-bond acceptors (Lipinski definition) is 5. The number of rotatable bonds is 8. The van der Waals surface area contributed by atoms with Gasteiger partial charge in [0.1, 0.15) is 0 Å². The van der Waals surface area contributed by atoms with Gasteiger partial charge in [-0.05, 0) is 37.5 Å². The van der Waals surface area contributed by atoms with E-state index >= 15 is 0 Å². The number of sulfonamides is 2. The summed E-state index contributed by atoms with van der Waals surface area (Å²) in [4.78, 5) is 12.8. The van der Waals surface area contributed by atoms with E-state index in [1.165, 1.54) is 8.61 Å². The third-order valence-electron chi connectivity index (χ3n) is 5.31. The second-order valence-electron chi connectivity index (χ2n) is 7.35. The molecule has 0 radical (unpaired) electrons. The van der Waals surface area contributed by atoms with Crippen LogP contribution in [-0.4, -0.2) is 63.8 Å². The van der Waals surface area contributed by atoms with Crippen molar-refractivity contribution in [1.82, 2.24) is 13.9 Å². The van der Waals surface area contributed by atoms with Crippen molar-refractivity contribution in [2.75, 3.05) is 32.4 Å². The van der Waals surface area contributed by atoms with Gasteiger partial charge >= 0.3 is 0 Å². The highest BCUT2D eigenvalue weighted by Crippen LogP contribution is 2.22. The van der Waals surface area contributed by atoms with Crippen molar-refractivity contribution < 1.29 is 21.6 Å². The average Bonchev–Trinajstić information content (AvgIpc) is 2.68. The quantitative estimate of drug-likeness (QED) is 0.654. The van der Waals surface area contributed by atoms with Crippen molar-refractivity contribution in [2.45, 2.75) is 44.6 Å². The van der Waals surface area contributed by atoms with Gasteiger partial charge in [-0.25, -0.2) is 21.1 Å². The van der Waals surface area contributed by atoms with Gasteiger partial charge < -0.3 is 5.32 Å². The fourth-order valence-electron chi connectivity index (χ4n) is 3.51. The molecule has 1 fully saturated rings. The molecule has 1 saturated heterocycles. The third-order valence-corrected chi connectivity index (χ3v) is 8.64. The molecule has 2 atom stereocenters. The van der Waals surface area contributed by atoms with Crippen LogP contribution < -0.4 is 5.32 Å². The minimum absolute atomic E-state index is 0.189. The predicted octanol–water partition coefficient (Wildman–Crippen LogP) is 1.57. The van der Waals surface area contributed by atoms with Crippen LogP contribution in [0.2, 0.25) is 0 Å². The molecule has 8 nitrogen and oxygen atoms in total. The Morgan fingerprint density at radius 3 is 2.28 bits per heavy atom. The molecule has 2 unspecified atom stereocenters. The lowest BCUT2D eigenvalue weighted by atomic mass is 9.98. The number of amides is 1. The molecule has 164 valence electrons. The Bertz CT molecular complexity index is 910. The molecule has 29 heavy (non-hydrogen) atoms. The average molecular weight is 446 g/mol. The van der Waals surface area contributed by atoms with Crippen LogP contribution in [0.25, 0.3) is 0 Å². The molecule has 1 aliphatic heterocycles. The van der Waals surface area contributed by atoms with E-state index in [0.717, 1.165) is 11.8 Å². The third kappa shape index (κ3) is 5.78. The topological polar surface area (TPSA) is 104 Å². The standard InChI is InChI=1S/C19H31N3O5S2/c1-5-21(6-2)29(26,27)18-11-9-16(10-12-18)15(3)20-19(23)17-8-7-13-22(14-17)28(4,24)25/h9-12,15,17H,5-8,13-14H2,1-4H3,(H,20,23). The summed E-state index contributed by atoms with van der Waals surface area (Å²) in [6.07, 6.45) is 2.45. The number of hydrogen-bond donors (Lipinski definition) is 1. The Morgan fingerprint density at radius 2 is 1.76 bits per heavy atom. The molecule has 0 aliphatic carbocycles. The van der Waals surface area contributed by atoms with Crippen LogP contribution in [0.15, 0.2) is 29.2 Å². The van der Waals surface area contributed by atoms with Crippen molar-refractivity contribution in [2.24, 2.45) is 5.92 Å². The van der Waals surface area contributed by atoms with Gasteiger partial charge in [-0.2, -0.15) is 4.31 Å². The van der Waals surface area contributed by atoms with E-state index in [-0.39, 0.29) is 29.3 Å². The molecule has 0 bridgehead atoms. The maximum Gasteiger partial charge on any atom is 0.243 e. The second-order valence-corrected chi connectivity index (χ2v) is 11.3.